The molecule has 12 heteroatoms. The number of hydrogen-bond donors (Lipinski definition) is 1. The molecule has 6 atom stereocenters. The molecular formula is C41H70N6O6. The second-order valence-electron chi connectivity index (χ2n) is 21.3. The van der Waals surface area contributed by atoms with Crippen molar-refractivity contribution in [1.29, 1.82) is 0 Å². The highest BCUT2D eigenvalue weighted by Gasteiger charge is 2.47. The standard InChI is InChI=1S/C41H70N6O6/c1-27(48)42-30-15-36(4,5)21-39(10,16-30)24-45-33(51)46(25-40(11)19-31(43(13)28(2)49)17-37(6,7)22-40)35(53)47(34(45)52)26-41(12)20-32(44(14)29(3)50)18-38(8,9)23-41/h30-32H,15-26H2,1-14H3,(H,42,48). The molecule has 1 heterocycles. The quantitative estimate of drug-likeness (QED) is 0.378. The fourth-order valence-electron chi connectivity index (χ4n) is 11.8. The van der Waals surface area contributed by atoms with Gasteiger partial charge in [-0.15, -0.1) is 0 Å². The Morgan fingerprint density at radius 2 is 0.849 bits per heavy atom. The van der Waals surface area contributed by atoms with Crippen LogP contribution >= 0.6 is 0 Å². The lowest BCUT2D eigenvalue weighted by atomic mass is 9.62. The van der Waals surface area contributed by atoms with Crippen LogP contribution in [0.15, 0.2) is 14.4 Å². The molecule has 1 aromatic rings. The van der Waals surface area contributed by atoms with Crippen molar-refractivity contribution in [2.24, 2.45) is 32.5 Å². The molecule has 4 rings (SSSR count). The van der Waals surface area contributed by atoms with Crippen LogP contribution in [0.1, 0.15) is 141 Å². The molecule has 0 radical (unpaired) electrons. The average Bonchev–Trinajstić information content (AvgIpc) is 2.95. The Bertz CT molecular complexity index is 1670. The first-order chi connectivity index (χ1) is 24.0. The first-order valence-electron chi connectivity index (χ1n) is 19.7. The van der Waals surface area contributed by atoms with Gasteiger partial charge in [-0.3, -0.25) is 14.4 Å². The topological polar surface area (TPSA) is 136 Å². The van der Waals surface area contributed by atoms with Crippen LogP contribution in [0, 0.1) is 32.5 Å². The van der Waals surface area contributed by atoms with Gasteiger partial charge in [0.1, 0.15) is 0 Å². The van der Waals surface area contributed by atoms with Crippen molar-refractivity contribution in [3.8, 4) is 0 Å². The largest absolute Gasteiger partial charge is 0.354 e. The number of rotatable bonds is 9. The molecular weight excluding hydrogens is 672 g/mol. The van der Waals surface area contributed by atoms with E-state index in [1.807, 2.05) is 14.1 Å². The number of carbonyl (C=O) groups is 3. The third-order valence-electron chi connectivity index (χ3n) is 12.8. The molecule has 12 nitrogen and oxygen atoms in total. The number of hydrogen-bond acceptors (Lipinski definition) is 6. The van der Waals surface area contributed by atoms with Gasteiger partial charge in [-0.25, -0.2) is 28.1 Å². The lowest BCUT2D eigenvalue weighted by Gasteiger charge is -2.49. The maximum Gasteiger partial charge on any atom is 0.336 e. The second-order valence-corrected chi connectivity index (χ2v) is 21.3. The summed E-state index contributed by atoms with van der Waals surface area (Å²) in [5.41, 5.74) is -3.85. The Labute approximate surface area is 317 Å². The van der Waals surface area contributed by atoms with Gasteiger partial charge in [-0.1, -0.05) is 62.3 Å². The number of amides is 3. The fraction of sp³-hybridized carbons (Fsp3) is 0.854. The molecule has 6 unspecified atom stereocenters. The van der Waals surface area contributed by atoms with E-state index in [0.717, 1.165) is 38.5 Å². The van der Waals surface area contributed by atoms with Gasteiger partial charge in [0.25, 0.3) is 0 Å². The summed E-state index contributed by atoms with van der Waals surface area (Å²) in [4.78, 5) is 84.9. The number of carbonyl (C=O) groups excluding carboxylic acids is 3. The average molecular weight is 743 g/mol. The molecule has 3 aliphatic rings. The van der Waals surface area contributed by atoms with Crippen LogP contribution in [0.3, 0.4) is 0 Å². The maximum absolute atomic E-state index is 14.7. The van der Waals surface area contributed by atoms with Crippen molar-refractivity contribution >= 4 is 17.7 Å². The Hall–Kier alpha value is -3.18. The SMILES string of the molecule is CC(=O)NC1CC(C)(C)CC(C)(Cn2c(=O)n(CC3(C)CC(N(C)C(C)=O)CC(C)(C)C3)c(=O)n(CC3(C)CC(N(C)C(C)=O)CC(C)(C)C3)c2=O)C1. The van der Waals surface area contributed by atoms with E-state index in [0.29, 0.717) is 19.3 Å². The lowest BCUT2D eigenvalue weighted by Crippen LogP contribution is -2.60. The first kappa shape index (κ1) is 42.6. The summed E-state index contributed by atoms with van der Waals surface area (Å²) in [7, 11) is 3.63. The van der Waals surface area contributed by atoms with Crippen molar-refractivity contribution in [2.75, 3.05) is 14.1 Å². The summed E-state index contributed by atoms with van der Waals surface area (Å²) in [5, 5.41) is 3.09. The van der Waals surface area contributed by atoms with Crippen LogP contribution in [0.25, 0.3) is 0 Å². The first-order valence-corrected chi connectivity index (χ1v) is 19.7. The van der Waals surface area contributed by atoms with Crippen molar-refractivity contribution in [3.63, 3.8) is 0 Å². The Balaban J connectivity index is 1.88. The molecule has 1 N–H and O–H groups in total. The fourth-order valence-corrected chi connectivity index (χ4v) is 11.8. The van der Waals surface area contributed by atoms with Crippen LogP contribution in [-0.4, -0.2) is 73.4 Å². The van der Waals surface area contributed by atoms with E-state index in [1.54, 1.807) is 23.6 Å². The van der Waals surface area contributed by atoms with Gasteiger partial charge in [0.2, 0.25) is 17.7 Å². The van der Waals surface area contributed by atoms with Gasteiger partial charge in [-0.05, 0) is 90.3 Å². The Morgan fingerprint density at radius 3 is 1.15 bits per heavy atom. The molecule has 3 saturated carbocycles. The summed E-state index contributed by atoms with van der Waals surface area (Å²) >= 11 is 0. The smallest absolute Gasteiger partial charge is 0.336 e. The van der Waals surface area contributed by atoms with Crippen LogP contribution in [0.4, 0.5) is 0 Å². The summed E-state index contributed by atoms with van der Waals surface area (Å²) in [6.45, 7) is 24.2. The van der Waals surface area contributed by atoms with Gasteiger partial charge in [0.15, 0.2) is 0 Å². The van der Waals surface area contributed by atoms with Crippen LogP contribution in [0.2, 0.25) is 0 Å². The maximum atomic E-state index is 14.7. The molecule has 3 amide bonds. The summed E-state index contributed by atoms with van der Waals surface area (Å²) < 4.78 is 3.89. The zero-order valence-corrected chi connectivity index (χ0v) is 35.4. The minimum absolute atomic E-state index is 0.0262. The van der Waals surface area contributed by atoms with E-state index >= 15 is 0 Å². The zero-order chi connectivity index (χ0) is 40.3. The molecule has 0 bridgehead atoms. The highest BCUT2D eigenvalue weighted by atomic mass is 16.2. The number of nitrogens with zero attached hydrogens (tertiary/aromatic N) is 5. The number of nitrogens with one attached hydrogen (secondary N) is 1. The van der Waals surface area contributed by atoms with E-state index in [1.165, 1.54) is 20.6 Å². The molecule has 3 fully saturated rings. The monoisotopic (exact) mass is 743 g/mol. The minimum atomic E-state index is -0.610. The normalized spacial score (nSPS) is 32.1. The van der Waals surface area contributed by atoms with Gasteiger partial charge >= 0.3 is 17.1 Å². The van der Waals surface area contributed by atoms with E-state index < -0.39 is 33.3 Å². The molecule has 0 aliphatic heterocycles. The van der Waals surface area contributed by atoms with Gasteiger partial charge in [0.05, 0.1) is 0 Å². The van der Waals surface area contributed by atoms with Crippen LogP contribution in [0.5, 0.6) is 0 Å². The highest BCUT2D eigenvalue weighted by molar-refractivity contribution is 5.74. The van der Waals surface area contributed by atoms with E-state index in [9.17, 15) is 28.8 Å². The Morgan fingerprint density at radius 1 is 0.547 bits per heavy atom. The molecule has 300 valence electrons. The van der Waals surface area contributed by atoms with E-state index in [2.05, 4.69) is 67.6 Å². The lowest BCUT2D eigenvalue weighted by molar-refractivity contribution is -0.133. The van der Waals surface area contributed by atoms with Crippen LogP contribution < -0.4 is 22.4 Å². The third-order valence-corrected chi connectivity index (χ3v) is 12.8. The predicted octanol–water partition coefficient (Wildman–Crippen LogP) is 5.02. The van der Waals surface area contributed by atoms with Crippen molar-refractivity contribution in [2.45, 2.75) is 179 Å². The summed E-state index contributed by atoms with van der Waals surface area (Å²) in [6.07, 6.45) is 6.45. The third kappa shape index (κ3) is 9.93. The molecule has 0 aromatic carbocycles. The Kier molecular flexibility index (Phi) is 11.6. The van der Waals surface area contributed by atoms with Gasteiger partial charge in [0, 0.05) is 72.6 Å². The van der Waals surface area contributed by atoms with Gasteiger partial charge < -0.3 is 15.1 Å². The molecule has 1 aromatic heterocycles. The van der Waals surface area contributed by atoms with E-state index in [4.69, 9.17) is 0 Å². The second kappa shape index (κ2) is 14.5. The minimum Gasteiger partial charge on any atom is -0.354 e. The van der Waals surface area contributed by atoms with Crippen molar-refractivity contribution in [3.05, 3.63) is 31.5 Å². The van der Waals surface area contributed by atoms with E-state index in [-0.39, 0.29) is 71.7 Å². The molecule has 0 spiro atoms. The van der Waals surface area contributed by atoms with Crippen molar-refractivity contribution in [1.82, 2.24) is 28.8 Å². The summed E-state index contributed by atoms with van der Waals surface area (Å²) in [6, 6.07) is -0.224. The zero-order valence-electron chi connectivity index (χ0n) is 35.4. The molecule has 53 heavy (non-hydrogen) atoms. The highest BCUT2D eigenvalue weighted by Crippen LogP contribution is 2.50. The van der Waals surface area contributed by atoms with Crippen molar-refractivity contribution < 1.29 is 14.4 Å². The van der Waals surface area contributed by atoms with Crippen LogP contribution in [-0.2, 0) is 34.0 Å². The molecule has 3 aliphatic carbocycles. The van der Waals surface area contributed by atoms with Gasteiger partial charge in [-0.2, -0.15) is 0 Å². The predicted molar refractivity (Wildman–Crippen MR) is 209 cm³/mol. The summed E-state index contributed by atoms with van der Waals surface area (Å²) in [5.74, 6) is -0.165. The molecule has 0 saturated heterocycles. The number of aromatic nitrogens is 3.